The summed E-state index contributed by atoms with van der Waals surface area (Å²) in [5, 5.41) is 23.4. The van der Waals surface area contributed by atoms with Crippen LogP contribution in [0.4, 0.5) is 0 Å². The van der Waals surface area contributed by atoms with E-state index in [9.17, 15) is 29.4 Å². The van der Waals surface area contributed by atoms with Gasteiger partial charge in [0, 0.05) is 13.6 Å². The number of aliphatic hydroxyl groups excluding tert-OH is 2. The van der Waals surface area contributed by atoms with Gasteiger partial charge >= 0.3 is 0 Å². The van der Waals surface area contributed by atoms with E-state index in [2.05, 4.69) is 10.6 Å². The van der Waals surface area contributed by atoms with Crippen LogP contribution in [0, 0.1) is 0 Å². The van der Waals surface area contributed by atoms with Crippen molar-refractivity contribution >= 4 is 23.6 Å². The standard InChI is InChI=1S/C21H30N4O7/c1-3-25-8-9-32-17-7-5-4-6-15(17)20(30)23-16(21(31)22-14(12-26)13-27)10-18(28)24(2)11-19(25)29/h4-7,14,16,26-27H,3,8-13H2,1-2H3,(H,22,31)(H,23,30)/t16-/m0/s1. The van der Waals surface area contributed by atoms with Gasteiger partial charge in [0.2, 0.25) is 17.7 Å². The van der Waals surface area contributed by atoms with E-state index in [-0.39, 0.29) is 36.9 Å². The van der Waals surface area contributed by atoms with Gasteiger partial charge in [-0.1, -0.05) is 12.1 Å². The molecule has 0 spiro atoms. The third-order valence-corrected chi connectivity index (χ3v) is 5.07. The van der Waals surface area contributed by atoms with Crippen molar-refractivity contribution in [2.24, 2.45) is 0 Å². The molecule has 1 atom stereocenters. The van der Waals surface area contributed by atoms with Gasteiger partial charge in [0.05, 0.1) is 44.3 Å². The third kappa shape index (κ3) is 6.66. The number of carbonyl (C=O) groups is 4. The second kappa shape index (κ2) is 12.0. The van der Waals surface area contributed by atoms with E-state index < -0.39 is 49.4 Å². The smallest absolute Gasteiger partial charge is 0.255 e. The number of nitrogens with zero attached hydrogens (tertiary/aromatic N) is 2. The Kier molecular flexibility index (Phi) is 9.41. The highest BCUT2D eigenvalue weighted by Gasteiger charge is 2.29. The Morgan fingerprint density at radius 1 is 1.22 bits per heavy atom. The average Bonchev–Trinajstić information content (AvgIpc) is 2.78. The van der Waals surface area contributed by atoms with Gasteiger partial charge < -0.3 is 35.4 Å². The first-order valence-corrected chi connectivity index (χ1v) is 10.4. The van der Waals surface area contributed by atoms with Crippen molar-refractivity contribution in [3.05, 3.63) is 29.8 Å². The molecule has 2 rings (SSSR count). The van der Waals surface area contributed by atoms with Gasteiger partial charge in [0.1, 0.15) is 18.4 Å². The van der Waals surface area contributed by atoms with Crippen LogP contribution in [-0.2, 0) is 14.4 Å². The Labute approximate surface area is 186 Å². The summed E-state index contributed by atoms with van der Waals surface area (Å²) in [7, 11) is 1.44. The minimum Gasteiger partial charge on any atom is -0.491 e. The van der Waals surface area contributed by atoms with Crippen molar-refractivity contribution in [2.45, 2.75) is 25.4 Å². The van der Waals surface area contributed by atoms with Crippen LogP contribution < -0.4 is 15.4 Å². The van der Waals surface area contributed by atoms with Crippen LogP contribution in [0.25, 0.3) is 0 Å². The largest absolute Gasteiger partial charge is 0.491 e. The fourth-order valence-corrected chi connectivity index (χ4v) is 3.12. The molecule has 0 aliphatic carbocycles. The molecule has 1 aliphatic heterocycles. The normalized spacial score (nSPS) is 18.5. The summed E-state index contributed by atoms with van der Waals surface area (Å²) < 4.78 is 5.72. The van der Waals surface area contributed by atoms with Crippen LogP contribution in [0.2, 0.25) is 0 Å². The molecule has 0 bridgehead atoms. The number of hydrogen-bond acceptors (Lipinski definition) is 7. The first-order chi connectivity index (χ1) is 15.3. The Morgan fingerprint density at radius 2 is 1.91 bits per heavy atom. The predicted molar refractivity (Wildman–Crippen MR) is 114 cm³/mol. The lowest BCUT2D eigenvalue weighted by molar-refractivity contribution is -0.140. The Balaban J connectivity index is 2.36. The fourth-order valence-electron chi connectivity index (χ4n) is 3.12. The molecule has 0 radical (unpaired) electrons. The number of nitrogens with one attached hydrogen (secondary N) is 2. The van der Waals surface area contributed by atoms with Gasteiger partial charge in [0.25, 0.3) is 5.91 Å². The molecule has 4 N–H and O–H groups in total. The monoisotopic (exact) mass is 450 g/mol. The van der Waals surface area contributed by atoms with Crippen molar-refractivity contribution in [2.75, 3.05) is 46.5 Å². The van der Waals surface area contributed by atoms with E-state index in [4.69, 9.17) is 4.74 Å². The fraction of sp³-hybridized carbons (Fsp3) is 0.524. The molecule has 11 nitrogen and oxygen atoms in total. The second-order valence-corrected chi connectivity index (χ2v) is 7.37. The van der Waals surface area contributed by atoms with Crippen LogP contribution in [0.3, 0.4) is 0 Å². The van der Waals surface area contributed by atoms with Crippen LogP contribution in [0.5, 0.6) is 5.75 Å². The van der Waals surface area contributed by atoms with Crippen LogP contribution in [-0.4, -0.2) is 102 Å². The highest BCUT2D eigenvalue weighted by atomic mass is 16.5. The number of carbonyl (C=O) groups excluding carboxylic acids is 4. The molecule has 11 heteroatoms. The SMILES string of the molecule is CCN1CCOc2ccccc2C(=O)N[C@H](C(=O)NC(CO)CO)CC(=O)N(C)CC1=O. The number of ether oxygens (including phenoxy) is 1. The maximum Gasteiger partial charge on any atom is 0.255 e. The summed E-state index contributed by atoms with van der Waals surface area (Å²) in [5.74, 6) is -1.90. The minimum absolute atomic E-state index is 0.139. The Hall–Kier alpha value is -3.18. The first kappa shape index (κ1) is 25.1. The molecule has 4 amide bonds. The van der Waals surface area contributed by atoms with E-state index in [1.165, 1.54) is 22.9 Å². The van der Waals surface area contributed by atoms with Crippen molar-refractivity contribution in [3.8, 4) is 5.75 Å². The summed E-state index contributed by atoms with van der Waals surface area (Å²) in [6.07, 6.45) is -0.417. The number of aliphatic hydroxyl groups is 2. The summed E-state index contributed by atoms with van der Waals surface area (Å²) in [6.45, 7) is 1.41. The number of hydrogen-bond donors (Lipinski definition) is 4. The third-order valence-electron chi connectivity index (χ3n) is 5.07. The van der Waals surface area contributed by atoms with Gasteiger partial charge in [-0.05, 0) is 19.1 Å². The number of benzene rings is 1. The quantitative estimate of drug-likeness (QED) is 0.420. The Bertz CT molecular complexity index is 828. The zero-order valence-electron chi connectivity index (χ0n) is 18.2. The predicted octanol–water partition coefficient (Wildman–Crippen LogP) is -1.66. The summed E-state index contributed by atoms with van der Waals surface area (Å²) >= 11 is 0. The second-order valence-electron chi connectivity index (χ2n) is 7.37. The lowest BCUT2D eigenvalue weighted by atomic mass is 10.1. The molecule has 32 heavy (non-hydrogen) atoms. The van der Waals surface area contributed by atoms with Crippen molar-refractivity contribution in [1.29, 1.82) is 0 Å². The van der Waals surface area contributed by atoms with Crippen LogP contribution >= 0.6 is 0 Å². The zero-order valence-corrected chi connectivity index (χ0v) is 18.2. The molecule has 0 aromatic heterocycles. The number of fused-ring (bicyclic) bond motifs is 1. The van der Waals surface area contributed by atoms with E-state index in [1.807, 2.05) is 6.92 Å². The van der Waals surface area contributed by atoms with Gasteiger partial charge in [-0.2, -0.15) is 0 Å². The molecular weight excluding hydrogens is 420 g/mol. The van der Waals surface area contributed by atoms with E-state index in [1.54, 1.807) is 18.2 Å². The highest BCUT2D eigenvalue weighted by Crippen LogP contribution is 2.18. The lowest BCUT2D eigenvalue weighted by Crippen LogP contribution is -2.53. The summed E-state index contributed by atoms with van der Waals surface area (Å²) in [4.78, 5) is 53.7. The molecule has 1 aliphatic rings. The molecule has 1 heterocycles. The van der Waals surface area contributed by atoms with E-state index in [0.29, 0.717) is 6.54 Å². The lowest BCUT2D eigenvalue weighted by Gasteiger charge is -2.27. The molecule has 1 aromatic carbocycles. The minimum atomic E-state index is -1.30. The van der Waals surface area contributed by atoms with E-state index in [0.717, 1.165) is 0 Å². The van der Waals surface area contributed by atoms with Crippen LogP contribution in [0.1, 0.15) is 23.7 Å². The van der Waals surface area contributed by atoms with Gasteiger partial charge in [-0.3, -0.25) is 19.2 Å². The number of rotatable bonds is 5. The zero-order chi connectivity index (χ0) is 23.7. The molecule has 176 valence electrons. The number of likely N-dealkylation sites (N-methyl/N-ethyl adjacent to an activating group) is 2. The first-order valence-electron chi connectivity index (χ1n) is 10.4. The van der Waals surface area contributed by atoms with E-state index >= 15 is 0 Å². The van der Waals surface area contributed by atoms with Gasteiger partial charge in [0.15, 0.2) is 0 Å². The molecule has 0 saturated carbocycles. The van der Waals surface area contributed by atoms with Gasteiger partial charge in [-0.25, -0.2) is 0 Å². The maximum absolute atomic E-state index is 12.9. The number of para-hydroxylation sites is 1. The Morgan fingerprint density at radius 3 is 2.56 bits per heavy atom. The molecule has 0 fully saturated rings. The van der Waals surface area contributed by atoms with Crippen molar-refractivity contribution in [3.63, 3.8) is 0 Å². The number of amides is 4. The molecule has 0 saturated heterocycles. The topological polar surface area (TPSA) is 149 Å². The van der Waals surface area contributed by atoms with Crippen molar-refractivity contribution < 1.29 is 34.1 Å². The summed E-state index contributed by atoms with van der Waals surface area (Å²) in [6, 6.07) is 4.19. The van der Waals surface area contributed by atoms with Gasteiger partial charge in [-0.15, -0.1) is 0 Å². The average molecular weight is 450 g/mol. The molecule has 0 unspecified atom stereocenters. The maximum atomic E-state index is 12.9. The molecule has 1 aromatic rings. The summed E-state index contributed by atoms with van der Waals surface area (Å²) in [5.41, 5.74) is 0.165. The highest BCUT2D eigenvalue weighted by molar-refractivity contribution is 6.01. The van der Waals surface area contributed by atoms with Crippen LogP contribution in [0.15, 0.2) is 24.3 Å². The van der Waals surface area contributed by atoms with Crippen molar-refractivity contribution in [1.82, 2.24) is 20.4 Å². The molecular formula is C21H30N4O7.